The predicted molar refractivity (Wildman–Crippen MR) is 84.5 cm³/mol. The maximum absolute atomic E-state index is 12.1. The number of carbonyl (C=O) groups excluding carboxylic acids is 2. The number of nitrogens with zero attached hydrogens (tertiary/aromatic N) is 1. The Kier molecular flexibility index (Phi) is 4.01. The number of ether oxygens (including phenoxy) is 2. The fourth-order valence-electron chi connectivity index (χ4n) is 2.14. The molecule has 3 aromatic rings. The van der Waals surface area contributed by atoms with Gasteiger partial charge in [0.05, 0.1) is 23.8 Å². The van der Waals surface area contributed by atoms with E-state index in [0.717, 1.165) is 10.9 Å². The normalized spacial score (nSPS) is 10.3. The van der Waals surface area contributed by atoms with Gasteiger partial charge >= 0.3 is 11.9 Å². The van der Waals surface area contributed by atoms with Crippen molar-refractivity contribution in [3.05, 3.63) is 71.9 Å². The molecule has 23 heavy (non-hydrogen) atoms. The maximum Gasteiger partial charge on any atom is 0.343 e. The van der Waals surface area contributed by atoms with Crippen LogP contribution in [0.5, 0.6) is 5.75 Å². The predicted octanol–water partition coefficient (Wildman–Crippen LogP) is 3.24. The monoisotopic (exact) mass is 307 g/mol. The number of benzene rings is 2. The Hall–Kier alpha value is -3.21. The number of methoxy groups -OCH3 is 1. The summed E-state index contributed by atoms with van der Waals surface area (Å²) in [5, 5.41) is 0.888. The van der Waals surface area contributed by atoms with E-state index in [4.69, 9.17) is 4.74 Å². The summed E-state index contributed by atoms with van der Waals surface area (Å²) in [4.78, 5) is 27.7. The first-order chi connectivity index (χ1) is 11.2. The van der Waals surface area contributed by atoms with Gasteiger partial charge in [-0.1, -0.05) is 6.07 Å². The van der Waals surface area contributed by atoms with Crippen LogP contribution in [0.1, 0.15) is 20.7 Å². The zero-order chi connectivity index (χ0) is 16.2. The first kappa shape index (κ1) is 14.7. The minimum absolute atomic E-state index is 0.351. The first-order valence-electron chi connectivity index (χ1n) is 6.93. The van der Waals surface area contributed by atoms with E-state index in [1.54, 1.807) is 24.4 Å². The van der Waals surface area contributed by atoms with Gasteiger partial charge < -0.3 is 9.47 Å². The van der Waals surface area contributed by atoms with Crippen LogP contribution in [0.2, 0.25) is 0 Å². The third kappa shape index (κ3) is 3.18. The topological polar surface area (TPSA) is 65.5 Å². The van der Waals surface area contributed by atoms with E-state index in [1.165, 1.54) is 31.4 Å². The summed E-state index contributed by atoms with van der Waals surface area (Å²) in [7, 11) is 1.30. The van der Waals surface area contributed by atoms with Gasteiger partial charge in [-0.05, 0) is 48.5 Å². The Balaban J connectivity index is 1.78. The molecule has 1 heterocycles. The van der Waals surface area contributed by atoms with E-state index < -0.39 is 11.9 Å². The largest absolute Gasteiger partial charge is 0.465 e. The second kappa shape index (κ2) is 6.27. The van der Waals surface area contributed by atoms with Crippen molar-refractivity contribution in [2.45, 2.75) is 0 Å². The molecule has 0 unspecified atom stereocenters. The van der Waals surface area contributed by atoms with Crippen LogP contribution < -0.4 is 4.74 Å². The number of hydrogen-bond donors (Lipinski definition) is 0. The van der Waals surface area contributed by atoms with Crippen LogP contribution in [0, 0.1) is 0 Å². The van der Waals surface area contributed by atoms with Crippen molar-refractivity contribution in [2.24, 2.45) is 0 Å². The van der Waals surface area contributed by atoms with Gasteiger partial charge in [0.2, 0.25) is 0 Å². The molecule has 0 spiro atoms. The second-order valence-electron chi connectivity index (χ2n) is 4.82. The molecule has 0 bridgehead atoms. The molecule has 0 fully saturated rings. The van der Waals surface area contributed by atoms with Gasteiger partial charge in [-0.2, -0.15) is 0 Å². The molecule has 0 saturated heterocycles. The van der Waals surface area contributed by atoms with Crippen molar-refractivity contribution in [3.63, 3.8) is 0 Å². The van der Waals surface area contributed by atoms with Crippen LogP contribution in [-0.4, -0.2) is 24.0 Å². The number of rotatable bonds is 3. The average Bonchev–Trinajstić information content (AvgIpc) is 2.61. The minimum atomic E-state index is -0.496. The number of pyridine rings is 1. The first-order valence-corrected chi connectivity index (χ1v) is 6.93. The number of fused-ring (bicyclic) bond motifs is 1. The fourth-order valence-corrected chi connectivity index (χ4v) is 2.14. The summed E-state index contributed by atoms with van der Waals surface area (Å²) >= 11 is 0. The summed E-state index contributed by atoms with van der Waals surface area (Å²) in [5.74, 6) is -0.510. The highest BCUT2D eigenvalue weighted by Crippen LogP contribution is 2.20. The van der Waals surface area contributed by atoms with Gasteiger partial charge in [0, 0.05) is 11.6 Å². The third-order valence-electron chi connectivity index (χ3n) is 3.33. The summed E-state index contributed by atoms with van der Waals surface area (Å²) in [6, 6.07) is 15.0. The van der Waals surface area contributed by atoms with Gasteiger partial charge in [-0.25, -0.2) is 9.59 Å². The highest BCUT2D eigenvalue weighted by atomic mass is 16.5. The average molecular weight is 307 g/mol. The van der Waals surface area contributed by atoms with E-state index in [9.17, 15) is 9.59 Å². The zero-order valence-corrected chi connectivity index (χ0v) is 12.4. The Bertz CT molecular complexity index is 872. The van der Waals surface area contributed by atoms with Crippen molar-refractivity contribution in [3.8, 4) is 5.75 Å². The van der Waals surface area contributed by atoms with Gasteiger partial charge in [0.1, 0.15) is 5.75 Å². The lowest BCUT2D eigenvalue weighted by Crippen LogP contribution is -2.09. The van der Waals surface area contributed by atoms with E-state index in [2.05, 4.69) is 9.72 Å². The number of aromatic nitrogens is 1. The van der Waals surface area contributed by atoms with Gasteiger partial charge in [-0.15, -0.1) is 0 Å². The molecule has 0 aliphatic rings. The molecule has 2 aromatic carbocycles. The van der Waals surface area contributed by atoms with E-state index >= 15 is 0 Å². The SMILES string of the molecule is COC(=O)c1ccc(C(=O)Oc2ccc3ncccc3c2)cc1. The quantitative estimate of drug-likeness (QED) is 0.549. The summed E-state index contributed by atoms with van der Waals surface area (Å²) in [6.07, 6.45) is 1.71. The van der Waals surface area contributed by atoms with Crippen LogP contribution in [0.4, 0.5) is 0 Å². The minimum Gasteiger partial charge on any atom is -0.465 e. The van der Waals surface area contributed by atoms with E-state index in [0.29, 0.717) is 16.9 Å². The number of hydrogen-bond acceptors (Lipinski definition) is 5. The molecule has 5 heteroatoms. The molecule has 5 nitrogen and oxygen atoms in total. The Morgan fingerprint density at radius 2 is 1.61 bits per heavy atom. The molecule has 0 N–H and O–H groups in total. The standard InChI is InChI=1S/C18H13NO4/c1-22-17(20)12-4-6-13(7-5-12)18(21)23-15-8-9-16-14(11-15)3-2-10-19-16/h2-11H,1H3. The van der Waals surface area contributed by atoms with Crippen LogP contribution >= 0.6 is 0 Å². The Morgan fingerprint density at radius 3 is 2.30 bits per heavy atom. The molecule has 0 saturated carbocycles. The van der Waals surface area contributed by atoms with Crippen LogP contribution in [0.15, 0.2) is 60.8 Å². The van der Waals surface area contributed by atoms with Crippen molar-refractivity contribution >= 4 is 22.8 Å². The molecule has 0 radical (unpaired) electrons. The fraction of sp³-hybridized carbons (Fsp3) is 0.0556. The zero-order valence-electron chi connectivity index (χ0n) is 12.4. The lowest BCUT2D eigenvalue weighted by molar-refractivity contribution is 0.0599. The van der Waals surface area contributed by atoms with E-state index in [1.807, 2.05) is 12.1 Å². The molecular weight excluding hydrogens is 294 g/mol. The van der Waals surface area contributed by atoms with Crippen LogP contribution in [0.3, 0.4) is 0 Å². The van der Waals surface area contributed by atoms with Gasteiger partial charge in [0.15, 0.2) is 0 Å². The molecule has 0 aliphatic carbocycles. The molecule has 114 valence electrons. The molecule has 0 atom stereocenters. The molecular formula is C18H13NO4. The molecule has 0 amide bonds. The lowest BCUT2D eigenvalue weighted by Gasteiger charge is -2.06. The van der Waals surface area contributed by atoms with E-state index in [-0.39, 0.29) is 0 Å². The smallest absolute Gasteiger partial charge is 0.343 e. The Morgan fingerprint density at radius 1 is 0.913 bits per heavy atom. The highest BCUT2D eigenvalue weighted by molar-refractivity contribution is 5.94. The highest BCUT2D eigenvalue weighted by Gasteiger charge is 2.11. The Labute approximate surface area is 132 Å². The second-order valence-corrected chi connectivity index (χ2v) is 4.82. The molecule has 3 rings (SSSR count). The summed E-state index contributed by atoms with van der Waals surface area (Å²) in [5.41, 5.74) is 1.56. The number of carbonyl (C=O) groups is 2. The maximum atomic E-state index is 12.1. The van der Waals surface area contributed by atoms with Gasteiger partial charge in [0.25, 0.3) is 0 Å². The van der Waals surface area contributed by atoms with Crippen molar-refractivity contribution in [1.82, 2.24) is 4.98 Å². The lowest BCUT2D eigenvalue weighted by atomic mass is 10.1. The van der Waals surface area contributed by atoms with Crippen LogP contribution in [0.25, 0.3) is 10.9 Å². The summed E-state index contributed by atoms with van der Waals surface area (Å²) in [6.45, 7) is 0. The molecule has 1 aromatic heterocycles. The number of esters is 2. The summed E-state index contributed by atoms with van der Waals surface area (Å²) < 4.78 is 9.96. The van der Waals surface area contributed by atoms with Gasteiger partial charge in [-0.3, -0.25) is 4.98 Å². The molecule has 0 aliphatic heterocycles. The van der Waals surface area contributed by atoms with Crippen molar-refractivity contribution in [1.29, 1.82) is 0 Å². The van der Waals surface area contributed by atoms with Crippen molar-refractivity contribution in [2.75, 3.05) is 7.11 Å². The third-order valence-corrected chi connectivity index (χ3v) is 3.33. The van der Waals surface area contributed by atoms with Crippen molar-refractivity contribution < 1.29 is 19.1 Å². The van der Waals surface area contributed by atoms with Crippen LogP contribution in [-0.2, 0) is 4.74 Å².